The summed E-state index contributed by atoms with van der Waals surface area (Å²) in [5.41, 5.74) is 3.59. The summed E-state index contributed by atoms with van der Waals surface area (Å²) >= 11 is 0. The lowest BCUT2D eigenvalue weighted by molar-refractivity contribution is 0.0878. The van der Waals surface area contributed by atoms with E-state index >= 15 is 0 Å². The molecule has 0 bridgehead atoms. The van der Waals surface area contributed by atoms with Gasteiger partial charge in [-0.3, -0.25) is 9.69 Å². The van der Waals surface area contributed by atoms with Crippen LogP contribution in [0.15, 0.2) is 71.7 Å². The molecule has 1 aliphatic heterocycles. The van der Waals surface area contributed by atoms with E-state index < -0.39 is 12.1 Å². The molecule has 0 aliphatic carbocycles. The van der Waals surface area contributed by atoms with E-state index in [1.54, 1.807) is 36.5 Å². The molecule has 1 aliphatic rings. The molecule has 2 aromatic heterocycles. The van der Waals surface area contributed by atoms with Gasteiger partial charge in [0.2, 0.25) is 5.95 Å². The zero-order valence-corrected chi connectivity index (χ0v) is 17.5. The highest BCUT2D eigenvalue weighted by molar-refractivity contribution is 5.85. The van der Waals surface area contributed by atoms with Crippen LogP contribution in [0.2, 0.25) is 0 Å². The first-order valence-electron chi connectivity index (χ1n) is 10.7. The third-order valence-electron chi connectivity index (χ3n) is 5.93. The maximum atomic E-state index is 13.4. The van der Waals surface area contributed by atoms with Crippen molar-refractivity contribution in [2.24, 2.45) is 0 Å². The lowest BCUT2D eigenvalue weighted by Gasteiger charge is -2.30. The molecule has 0 amide bonds. The fraction of sp³-hybridized carbons (Fsp3) is 0.240. The van der Waals surface area contributed by atoms with E-state index in [4.69, 9.17) is 0 Å². The van der Waals surface area contributed by atoms with E-state index in [0.29, 0.717) is 28.6 Å². The molecule has 0 radical (unpaired) electrons. The van der Waals surface area contributed by atoms with Crippen LogP contribution in [0.25, 0.3) is 22.0 Å². The van der Waals surface area contributed by atoms with E-state index in [9.17, 15) is 14.3 Å². The molecule has 162 valence electrons. The van der Waals surface area contributed by atoms with Gasteiger partial charge in [0.1, 0.15) is 0 Å². The Hall–Kier alpha value is -3.42. The molecule has 7 heteroatoms. The summed E-state index contributed by atoms with van der Waals surface area (Å²) in [5, 5.41) is 16.0. The molecular weight excluding hydrogens is 407 g/mol. The van der Waals surface area contributed by atoms with E-state index in [-0.39, 0.29) is 12.1 Å². The number of aliphatic hydroxyl groups excluding tert-OH is 1. The van der Waals surface area contributed by atoms with Gasteiger partial charge < -0.3 is 5.11 Å². The summed E-state index contributed by atoms with van der Waals surface area (Å²) < 4.78 is 14.8. The number of pyridine rings is 1. The van der Waals surface area contributed by atoms with Gasteiger partial charge in [-0.15, -0.1) is 0 Å². The van der Waals surface area contributed by atoms with E-state index in [0.717, 1.165) is 19.5 Å². The van der Waals surface area contributed by atoms with Gasteiger partial charge in [-0.25, -0.2) is 9.67 Å². The molecule has 0 fully saturated rings. The van der Waals surface area contributed by atoms with Crippen LogP contribution in [0.3, 0.4) is 0 Å². The number of hydrogen-bond donors (Lipinski definition) is 1. The molecule has 2 aromatic carbocycles. The molecule has 5 rings (SSSR count). The Kier molecular flexibility index (Phi) is 5.51. The molecule has 4 aromatic rings. The van der Waals surface area contributed by atoms with Crippen molar-refractivity contribution in [1.29, 1.82) is 0 Å². The first-order valence-corrected chi connectivity index (χ1v) is 10.7. The third kappa shape index (κ3) is 4.17. The number of hydrogen-bond acceptors (Lipinski definition) is 5. The van der Waals surface area contributed by atoms with Gasteiger partial charge >= 0.3 is 0 Å². The predicted molar refractivity (Wildman–Crippen MR) is 121 cm³/mol. The molecule has 3 heterocycles. The average molecular weight is 430 g/mol. The Bertz CT molecular complexity index is 1340. The Morgan fingerprint density at radius 2 is 1.88 bits per heavy atom. The van der Waals surface area contributed by atoms with Gasteiger partial charge in [-0.2, -0.15) is 9.49 Å². The minimum atomic E-state index is -0.710. The summed E-state index contributed by atoms with van der Waals surface area (Å²) in [4.78, 5) is 19.0. The lowest BCUT2D eigenvalue weighted by atomic mass is 10.00. The van der Waals surface area contributed by atoms with Crippen molar-refractivity contribution in [2.45, 2.75) is 25.6 Å². The van der Waals surface area contributed by atoms with Crippen molar-refractivity contribution >= 4 is 10.8 Å². The largest absolute Gasteiger partial charge is 0.390 e. The van der Waals surface area contributed by atoms with E-state index in [1.165, 1.54) is 21.9 Å². The average Bonchev–Trinajstić information content (AvgIpc) is 2.80. The van der Waals surface area contributed by atoms with Crippen molar-refractivity contribution in [2.75, 3.05) is 13.1 Å². The minimum Gasteiger partial charge on any atom is -0.390 e. The van der Waals surface area contributed by atoms with Crippen LogP contribution in [0.5, 0.6) is 0 Å². The first-order chi connectivity index (χ1) is 15.6. The van der Waals surface area contributed by atoms with Crippen LogP contribution < -0.4 is 5.56 Å². The molecule has 1 atom stereocenters. The molecule has 0 spiro atoms. The van der Waals surface area contributed by atoms with Crippen molar-refractivity contribution < 1.29 is 9.50 Å². The monoisotopic (exact) mass is 430 g/mol. The highest BCUT2D eigenvalue weighted by Crippen LogP contribution is 2.22. The SMILES string of the molecule is O=c1c2ccc(-c3cccc(F)n3)cc2cnn1C[C@H](O)CN1CCc2ccccc2C1. The Balaban J connectivity index is 1.32. The van der Waals surface area contributed by atoms with E-state index in [1.807, 2.05) is 6.07 Å². The Labute approximate surface area is 184 Å². The predicted octanol–water partition coefficient (Wildman–Crippen LogP) is 3.02. The molecular formula is C25H23FN4O2. The summed E-state index contributed by atoms with van der Waals surface area (Å²) in [6.07, 6.45) is 1.85. The number of nitrogens with zero attached hydrogens (tertiary/aromatic N) is 4. The fourth-order valence-electron chi connectivity index (χ4n) is 4.31. The standard InChI is InChI=1S/C25H23FN4O2/c26-24-7-3-6-23(28-24)18-8-9-22-20(12-18)13-27-30(25(22)32)16-21(31)15-29-11-10-17-4-1-2-5-19(17)14-29/h1-9,12-13,21,31H,10-11,14-16H2/t21-/m1/s1. The highest BCUT2D eigenvalue weighted by atomic mass is 19.1. The van der Waals surface area contributed by atoms with Crippen LogP contribution in [-0.2, 0) is 19.5 Å². The molecule has 32 heavy (non-hydrogen) atoms. The van der Waals surface area contributed by atoms with Crippen LogP contribution in [-0.4, -0.2) is 44.0 Å². The molecule has 0 unspecified atom stereocenters. The number of fused-ring (bicyclic) bond motifs is 2. The Morgan fingerprint density at radius 3 is 2.72 bits per heavy atom. The maximum absolute atomic E-state index is 13.4. The number of halogens is 1. The third-order valence-corrected chi connectivity index (χ3v) is 5.93. The summed E-state index contributed by atoms with van der Waals surface area (Å²) in [6, 6.07) is 18.2. The fourth-order valence-corrected chi connectivity index (χ4v) is 4.31. The van der Waals surface area contributed by atoms with Crippen molar-refractivity contribution in [1.82, 2.24) is 19.7 Å². The van der Waals surface area contributed by atoms with Gasteiger partial charge in [0.05, 0.1) is 29.9 Å². The van der Waals surface area contributed by atoms with Crippen LogP contribution in [0.4, 0.5) is 4.39 Å². The van der Waals surface area contributed by atoms with Gasteiger partial charge in [0.25, 0.3) is 5.56 Å². The smallest absolute Gasteiger partial charge is 0.274 e. The molecule has 0 saturated carbocycles. The molecule has 6 nitrogen and oxygen atoms in total. The normalized spacial score (nSPS) is 14.9. The second kappa shape index (κ2) is 8.61. The van der Waals surface area contributed by atoms with E-state index in [2.05, 4.69) is 33.2 Å². The number of benzene rings is 2. The Morgan fingerprint density at radius 1 is 1.03 bits per heavy atom. The minimum absolute atomic E-state index is 0.125. The van der Waals surface area contributed by atoms with Crippen molar-refractivity contribution in [3.63, 3.8) is 0 Å². The van der Waals surface area contributed by atoms with Gasteiger partial charge in [-0.1, -0.05) is 36.4 Å². The zero-order chi connectivity index (χ0) is 22.1. The maximum Gasteiger partial charge on any atom is 0.274 e. The quantitative estimate of drug-likeness (QED) is 0.493. The first kappa shape index (κ1) is 20.5. The van der Waals surface area contributed by atoms with Gasteiger partial charge in [-0.05, 0) is 41.8 Å². The topological polar surface area (TPSA) is 71.2 Å². The molecule has 0 saturated heterocycles. The summed E-state index contributed by atoms with van der Waals surface area (Å²) in [7, 11) is 0. The van der Waals surface area contributed by atoms with Crippen molar-refractivity contribution in [3.8, 4) is 11.3 Å². The van der Waals surface area contributed by atoms with Crippen LogP contribution >= 0.6 is 0 Å². The van der Waals surface area contributed by atoms with Crippen LogP contribution in [0, 0.1) is 5.95 Å². The summed E-state index contributed by atoms with van der Waals surface area (Å²) in [5.74, 6) is -0.553. The second-order valence-corrected chi connectivity index (χ2v) is 8.19. The zero-order valence-electron chi connectivity index (χ0n) is 17.5. The van der Waals surface area contributed by atoms with Gasteiger partial charge in [0.15, 0.2) is 0 Å². The number of β-amino-alcohol motifs (C(OH)–C–C–N with tert-alkyl or cyclic N) is 1. The summed E-state index contributed by atoms with van der Waals surface area (Å²) in [6.45, 7) is 2.28. The number of aliphatic hydroxyl groups is 1. The molecule has 1 N–H and O–H groups in total. The number of aromatic nitrogens is 3. The highest BCUT2D eigenvalue weighted by Gasteiger charge is 2.19. The lowest BCUT2D eigenvalue weighted by Crippen LogP contribution is -2.40. The van der Waals surface area contributed by atoms with Gasteiger partial charge in [0, 0.05) is 30.6 Å². The van der Waals surface area contributed by atoms with Crippen LogP contribution in [0.1, 0.15) is 11.1 Å². The number of rotatable bonds is 5. The second-order valence-electron chi connectivity index (χ2n) is 8.19. The van der Waals surface area contributed by atoms with Crippen molar-refractivity contribution in [3.05, 3.63) is 94.3 Å².